The highest BCUT2D eigenvalue weighted by molar-refractivity contribution is 5.98. The highest BCUT2D eigenvalue weighted by Gasteiger charge is 2.17. The van der Waals surface area contributed by atoms with Crippen LogP contribution in [0.25, 0.3) is 0 Å². The van der Waals surface area contributed by atoms with Crippen molar-refractivity contribution in [2.75, 3.05) is 0 Å². The fraction of sp³-hybridized carbons (Fsp3) is 0.188. The fourth-order valence-corrected chi connectivity index (χ4v) is 1.92. The summed E-state index contributed by atoms with van der Waals surface area (Å²) in [6, 6.07) is 14.2. The van der Waals surface area contributed by atoms with Crippen LogP contribution in [0.3, 0.4) is 0 Å². The summed E-state index contributed by atoms with van der Waals surface area (Å²) in [5.74, 6) is 0.348. The van der Waals surface area contributed by atoms with Gasteiger partial charge in [0.15, 0.2) is 12.0 Å². The first kappa shape index (κ1) is 14.7. The molecule has 5 heteroatoms. The van der Waals surface area contributed by atoms with Gasteiger partial charge in [-0.2, -0.15) is 5.26 Å². The minimum Gasteiger partial charge on any atom is -0.386 e. The van der Waals surface area contributed by atoms with Gasteiger partial charge in [0.05, 0.1) is 6.04 Å². The first-order valence-corrected chi connectivity index (χ1v) is 6.59. The smallest absolute Gasteiger partial charge is 0.182 e. The zero-order valence-electron chi connectivity index (χ0n) is 11.6. The molecule has 2 unspecified atom stereocenters. The summed E-state index contributed by atoms with van der Waals surface area (Å²) < 4.78 is 0. The second kappa shape index (κ2) is 7.17. The van der Waals surface area contributed by atoms with Crippen LogP contribution in [-0.2, 0) is 0 Å². The lowest BCUT2D eigenvalue weighted by Crippen LogP contribution is -2.24. The fourth-order valence-electron chi connectivity index (χ4n) is 1.92. The molecule has 0 amide bonds. The average Bonchev–Trinajstić information content (AvgIpc) is 2.55. The molecule has 0 aliphatic carbocycles. The number of pyridine rings is 1. The topological polar surface area (TPSA) is 81.3 Å². The molecule has 21 heavy (non-hydrogen) atoms. The van der Waals surface area contributed by atoms with Crippen molar-refractivity contribution < 1.29 is 5.11 Å². The van der Waals surface area contributed by atoms with Crippen molar-refractivity contribution >= 4 is 5.84 Å². The van der Waals surface area contributed by atoms with E-state index in [0.717, 1.165) is 5.56 Å². The maximum atomic E-state index is 10.3. The monoisotopic (exact) mass is 280 g/mol. The Hall–Kier alpha value is -2.71. The van der Waals surface area contributed by atoms with E-state index in [1.807, 2.05) is 42.6 Å². The van der Waals surface area contributed by atoms with Crippen LogP contribution in [-0.4, -0.2) is 22.0 Å². The lowest BCUT2D eigenvalue weighted by atomic mass is 10.0. The molecule has 0 spiro atoms. The lowest BCUT2D eigenvalue weighted by Gasteiger charge is -2.16. The van der Waals surface area contributed by atoms with E-state index in [1.165, 1.54) is 0 Å². The van der Waals surface area contributed by atoms with Gasteiger partial charge in [-0.05, 0) is 24.6 Å². The molecule has 0 saturated heterocycles. The van der Waals surface area contributed by atoms with Crippen molar-refractivity contribution in [2.24, 2.45) is 4.99 Å². The van der Waals surface area contributed by atoms with Crippen molar-refractivity contribution in [1.29, 1.82) is 5.26 Å². The first-order chi connectivity index (χ1) is 10.2. The summed E-state index contributed by atoms with van der Waals surface area (Å²) in [4.78, 5) is 8.54. The molecule has 1 heterocycles. The number of benzene rings is 1. The van der Waals surface area contributed by atoms with Gasteiger partial charge in [0.25, 0.3) is 0 Å². The molecule has 2 N–H and O–H groups in total. The van der Waals surface area contributed by atoms with Gasteiger partial charge in [-0.15, -0.1) is 0 Å². The largest absolute Gasteiger partial charge is 0.386 e. The Labute approximate surface area is 123 Å². The van der Waals surface area contributed by atoms with Crippen molar-refractivity contribution in [2.45, 2.75) is 19.1 Å². The van der Waals surface area contributed by atoms with Gasteiger partial charge < -0.3 is 5.11 Å². The van der Waals surface area contributed by atoms with Gasteiger partial charge in [-0.25, -0.2) is 0 Å². The molecule has 2 rings (SSSR count). The molecule has 1 aromatic carbocycles. The van der Waals surface area contributed by atoms with E-state index in [9.17, 15) is 5.11 Å². The maximum absolute atomic E-state index is 10.3. The zero-order chi connectivity index (χ0) is 15.1. The van der Waals surface area contributed by atoms with Crippen LogP contribution in [0, 0.1) is 11.5 Å². The molecule has 1 aromatic heterocycles. The van der Waals surface area contributed by atoms with E-state index in [0.29, 0.717) is 11.5 Å². The highest BCUT2D eigenvalue weighted by atomic mass is 16.3. The van der Waals surface area contributed by atoms with Crippen molar-refractivity contribution in [3.63, 3.8) is 0 Å². The van der Waals surface area contributed by atoms with Crippen LogP contribution < -0.4 is 5.32 Å². The molecule has 5 nitrogen and oxygen atoms in total. The third-order valence-corrected chi connectivity index (χ3v) is 3.01. The number of aromatic nitrogens is 1. The van der Waals surface area contributed by atoms with Gasteiger partial charge >= 0.3 is 0 Å². The molecule has 2 atom stereocenters. The third kappa shape index (κ3) is 3.88. The zero-order valence-corrected chi connectivity index (χ0v) is 11.6. The van der Waals surface area contributed by atoms with Gasteiger partial charge in [0, 0.05) is 6.20 Å². The Morgan fingerprint density at radius 2 is 1.95 bits per heavy atom. The molecule has 0 bridgehead atoms. The minimum atomic E-state index is -0.745. The molecule has 106 valence electrons. The molecular weight excluding hydrogens is 264 g/mol. The SMILES string of the molecule is CC(N=C(NC#N)c1ccccn1)C(O)c1ccccc1. The van der Waals surface area contributed by atoms with Crippen LogP contribution in [0.5, 0.6) is 0 Å². The minimum absolute atomic E-state index is 0.348. The average molecular weight is 280 g/mol. The normalized spacial score (nSPS) is 14.0. The summed E-state index contributed by atoms with van der Waals surface area (Å²) in [6.45, 7) is 1.79. The Kier molecular flexibility index (Phi) is 5.02. The molecule has 0 aliphatic rings. The van der Waals surface area contributed by atoms with Crippen molar-refractivity contribution in [3.05, 3.63) is 66.0 Å². The number of hydrogen-bond acceptors (Lipinski definition) is 4. The van der Waals surface area contributed by atoms with E-state index < -0.39 is 12.1 Å². The number of aliphatic imine (C=N–C) groups is 1. The molecule has 0 aliphatic heterocycles. The Morgan fingerprint density at radius 1 is 1.24 bits per heavy atom. The van der Waals surface area contributed by atoms with Crippen LogP contribution in [0.1, 0.15) is 24.3 Å². The van der Waals surface area contributed by atoms with Gasteiger partial charge in [0.2, 0.25) is 0 Å². The number of aliphatic hydroxyl groups is 1. The van der Waals surface area contributed by atoms with E-state index >= 15 is 0 Å². The molecule has 0 fully saturated rings. The Morgan fingerprint density at radius 3 is 2.57 bits per heavy atom. The van der Waals surface area contributed by atoms with Gasteiger partial charge in [-0.1, -0.05) is 36.4 Å². The third-order valence-electron chi connectivity index (χ3n) is 3.01. The Bertz CT molecular complexity index is 634. The number of aliphatic hydroxyl groups excluding tert-OH is 1. The second-order valence-corrected chi connectivity index (χ2v) is 4.53. The maximum Gasteiger partial charge on any atom is 0.182 e. The molecule has 0 saturated carbocycles. The predicted molar refractivity (Wildman–Crippen MR) is 80.4 cm³/mol. The standard InChI is InChI=1S/C16H16N4O/c1-12(15(21)13-7-3-2-4-8-13)20-16(19-11-17)14-9-5-6-10-18-14/h2-10,12,15,21H,1H3,(H,19,20). The molecule has 2 aromatic rings. The second-order valence-electron chi connectivity index (χ2n) is 4.53. The van der Waals surface area contributed by atoms with Crippen LogP contribution in [0.15, 0.2) is 59.7 Å². The molecule has 0 radical (unpaired) electrons. The van der Waals surface area contributed by atoms with E-state index in [1.54, 1.807) is 25.3 Å². The summed E-state index contributed by atoms with van der Waals surface area (Å²) >= 11 is 0. The predicted octanol–water partition coefficient (Wildman–Crippen LogP) is 2.02. The molecular formula is C16H16N4O. The van der Waals surface area contributed by atoms with Crippen LogP contribution >= 0.6 is 0 Å². The van der Waals surface area contributed by atoms with Crippen LogP contribution in [0.2, 0.25) is 0 Å². The van der Waals surface area contributed by atoms with Gasteiger partial charge in [0.1, 0.15) is 11.8 Å². The number of rotatable bonds is 4. The van der Waals surface area contributed by atoms with Gasteiger partial charge in [-0.3, -0.25) is 15.3 Å². The summed E-state index contributed by atoms with van der Waals surface area (Å²) in [5.41, 5.74) is 1.34. The quantitative estimate of drug-likeness (QED) is 0.388. The summed E-state index contributed by atoms with van der Waals surface area (Å²) in [5, 5.41) is 21.7. The number of hydrogen-bond donors (Lipinski definition) is 2. The number of nitrogens with zero attached hydrogens (tertiary/aromatic N) is 3. The number of nitriles is 1. The number of amidine groups is 1. The van der Waals surface area contributed by atoms with Crippen molar-refractivity contribution in [1.82, 2.24) is 10.3 Å². The first-order valence-electron chi connectivity index (χ1n) is 6.59. The van der Waals surface area contributed by atoms with Crippen molar-refractivity contribution in [3.8, 4) is 6.19 Å². The summed E-state index contributed by atoms with van der Waals surface area (Å²) in [7, 11) is 0. The number of nitrogens with one attached hydrogen (secondary N) is 1. The van der Waals surface area contributed by atoms with Crippen LogP contribution in [0.4, 0.5) is 0 Å². The summed E-state index contributed by atoms with van der Waals surface area (Å²) in [6.07, 6.45) is 2.73. The Balaban J connectivity index is 2.24. The van der Waals surface area contributed by atoms with E-state index in [4.69, 9.17) is 5.26 Å². The van der Waals surface area contributed by atoms with E-state index in [-0.39, 0.29) is 0 Å². The van der Waals surface area contributed by atoms with E-state index in [2.05, 4.69) is 15.3 Å². The highest BCUT2D eigenvalue weighted by Crippen LogP contribution is 2.18. The lowest BCUT2D eigenvalue weighted by molar-refractivity contribution is 0.154.